The van der Waals surface area contributed by atoms with Gasteiger partial charge in [-0.1, -0.05) is 6.42 Å². The van der Waals surface area contributed by atoms with E-state index in [1.54, 1.807) is 0 Å². The summed E-state index contributed by atoms with van der Waals surface area (Å²) in [7, 11) is -3.18. The van der Waals surface area contributed by atoms with Crippen molar-refractivity contribution < 1.29 is 21.6 Å². The van der Waals surface area contributed by atoms with Gasteiger partial charge in [0.25, 0.3) is 0 Å². The Kier molecular flexibility index (Phi) is 6.07. The van der Waals surface area contributed by atoms with Gasteiger partial charge in [-0.15, -0.1) is 0 Å². The maximum Gasteiger partial charge on any atom is 0.391 e. The van der Waals surface area contributed by atoms with Crippen LogP contribution < -0.4 is 10.0 Å². The highest BCUT2D eigenvalue weighted by molar-refractivity contribution is 7.88. The Labute approximate surface area is 112 Å². The van der Waals surface area contributed by atoms with Gasteiger partial charge in [0.05, 0.1) is 12.2 Å². The predicted octanol–water partition coefficient (Wildman–Crippen LogP) is 1.64. The second-order valence-corrected chi connectivity index (χ2v) is 6.91. The first-order valence-corrected chi connectivity index (χ1v) is 8.32. The normalized spacial score (nSPS) is 25.5. The maximum absolute atomic E-state index is 12.6. The van der Waals surface area contributed by atoms with Crippen LogP contribution in [0.1, 0.15) is 32.1 Å². The van der Waals surface area contributed by atoms with Crippen LogP contribution in [0.5, 0.6) is 0 Å². The van der Waals surface area contributed by atoms with Crippen LogP contribution in [0.2, 0.25) is 0 Å². The Bertz CT molecular complexity index is 371. The second-order valence-electron chi connectivity index (χ2n) is 5.08. The molecule has 2 atom stereocenters. The summed E-state index contributed by atoms with van der Waals surface area (Å²) in [6, 6.07) is -0.112. The molecule has 0 spiro atoms. The van der Waals surface area contributed by atoms with Crippen LogP contribution in [0, 0.1) is 5.92 Å². The largest absolute Gasteiger partial charge is 0.391 e. The molecule has 114 valence electrons. The van der Waals surface area contributed by atoms with Gasteiger partial charge in [-0.3, -0.25) is 0 Å². The lowest BCUT2D eigenvalue weighted by Crippen LogP contribution is -2.39. The van der Waals surface area contributed by atoms with Gasteiger partial charge in [0.1, 0.15) is 0 Å². The van der Waals surface area contributed by atoms with Crippen molar-refractivity contribution in [2.24, 2.45) is 5.92 Å². The highest BCUT2D eigenvalue weighted by Crippen LogP contribution is 2.37. The minimum atomic E-state index is -4.10. The molecule has 1 fully saturated rings. The smallest absolute Gasteiger partial charge is 0.314 e. The van der Waals surface area contributed by atoms with E-state index >= 15 is 0 Å². The van der Waals surface area contributed by atoms with Crippen molar-refractivity contribution in [1.82, 2.24) is 10.0 Å². The van der Waals surface area contributed by atoms with E-state index in [0.717, 1.165) is 12.7 Å². The van der Waals surface area contributed by atoms with Crippen LogP contribution >= 0.6 is 0 Å². The number of nitrogens with one attached hydrogen (secondary N) is 2. The van der Waals surface area contributed by atoms with E-state index in [1.807, 2.05) is 0 Å². The molecular weight excluding hydrogens is 281 g/mol. The highest BCUT2D eigenvalue weighted by atomic mass is 32.2. The summed E-state index contributed by atoms with van der Waals surface area (Å²) in [5.41, 5.74) is 0. The van der Waals surface area contributed by atoms with Gasteiger partial charge in [0, 0.05) is 12.6 Å². The summed E-state index contributed by atoms with van der Waals surface area (Å²) in [6.45, 7) is 0.832. The molecule has 0 aromatic heterocycles. The Morgan fingerprint density at radius 1 is 1.21 bits per heavy atom. The zero-order valence-corrected chi connectivity index (χ0v) is 11.8. The molecule has 1 saturated carbocycles. The van der Waals surface area contributed by atoms with Crippen molar-refractivity contribution in [3.8, 4) is 0 Å². The molecule has 0 amide bonds. The lowest BCUT2D eigenvalue weighted by atomic mass is 9.85. The number of rotatable bonds is 6. The molecule has 0 aromatic rings. The molecule has 0 radical (unpaired) electrons. The van der Waals surface area contributed by atoms with Crippen LogP contribution in [-0.4, -0.2) is 40.0 Å². The topological polar surface area (TPSA) is 58.2 Å². The molecule has 1 aliphatic carbocycles. The van der Waals surface area contributed by atoms with E-state index in [0.29, 0.717) is 25.9 Å². The lowest BCUT2D eigenvalue weighted by molar-refractivity contribution is -0.183. The average molecular weight is 302 g/mol. The maximum atomic E-state index is 12.6. The molecule has 0 aromatic carbocycles. The lowest BCUT2D eigenvalue weighted by Gasteiger charge is -2.31. The predicted molar refractivity (Wildman–Crippen MR) is 67.3 cm³/mol. The van der Waals surface area contributed by atoms with E-state index in [9.17, 15) is 21.6 Å². The quantitative estimate of drug-likeness (QED) is 0.733. The average Bonchev–Trinajstić information content (AvgIpc) is 2.26. The van der Waals surface area contributed by atoms with E-state index in [4.69, 9.17) is 0 Å². The Hall–Kier alpha value is -0.340. The summed E-state index contributed by atoms with van der Waals surface area (Å²) < 4.78 is 61.7. The fraction of sp³-hybridized carbons (Fsp3) is 1.00. The number of sulfonamides is 1. The molecule has 19 heavy (non-hydrogen) atoms. The van der Waals surface area contributed by atoms with Gasteiger partial charge in [-0.2, -0.15) is 13.2 Å². The first-order valence-electron chi connectivity index (χ1n) is 6.43. The van der Waals surface area contributed by atoms with Gasteiger partial charge >= 0.3 is 6.18 Å². The van der Waals surface area contributed by atoms with Crippen LogP contribution in [0.3, 0.4) is 0 Å². The fourth-order valence-corrected chi connectivity index (χ4v) is 2.84. The molecule has 8 heteroatoms. The highest BCUT2D eigenvalue weighted by Gasteiger charge is 2.41. The third-order valence-electron chi connectivity index (χ3n) is 3.29. The minimum Gasteiger partial charge on any atom is -0.314 e. The van der Waals surface area contributed by atoms with Crippen molar-refractivity contribution in [2.75, 3.05) is 19.3 Å². The van der Waals surface area contributed by atoms with Crippen molar-refractivity contribution in [2.45, 2.75) is 44.3 Å². The van der Waals surface area contributed by atoms with Crippen LogP contribution in [0.25, 0.3) is 0 Å². The van der Waals surface area contributed by atoms with Crippen LogP contribution in [-0.2, 0) is 10.0 Å². The van der Waals surface area contributed by atoms with Crippen molar-refractivity contribution in [1.29, 1.82) is 0 Å². The van der Waals surface area contributed by atoms with Gasteiger partial charge in [-0.05, 0) is 32.2 Å². The Balaban J connectivity index is 2.19. The van der Waals surface area contributed by atoms with Gasteiger partial charge in [-0.25, -0.2) is 13.1 Å². The van der Waals surface area contributed by atoms with Crippen LogP contribution in [0.15, 0.2) is 0 Å². The molecule has 1 aliphatic rings. The molecule has 0 saturated heterocycles. The fourth-order valence-electron chi connectivity index (χ4n) is 2.32. The van der Waals surface area contributed by atoms with Gasteiger partial charge in [0.15, 0.2) is 0 Å². The van der Waals surface area contributed by atoms with E-state index in [1.165, 1.54) is 0 Å². The summed E-state index contributed by atoms with van der Waals surface area (Å²) in [5.74, 6) is -1.20. The summed E-state index contributed by atoms with van der Waals surface area (Å²) in [4.78, 5) is 0. The van der Waals surface area contributed by atoms with Gasteiger partial charge in [0.2, 0.25) is 10.0 Å². The summed E-state index contributed by atoms with van der Waals surface area (Å²) in [5, 5.41) is 3.08. The molecule has 1 rings (SSSR count). The monoisotopic (exact) mass is 302 g/mol. The summed E-state index contributed by atoms with van der Waals surface area (Å²) in [6.07, 6.45) is -0.760. The zero-order chi connectivity index (χ0) is 14.5. The minimum absolute atomic E-state index is 0.112. The Morgan fingerprint density at radius 2 is 1.89 bits per heavy atom. The van der Waals surface area contributed by atoms with Crippen LogP contribution in [0.4, 0.5) is 13.2 Å². The summed E-state index contributed by atoms with van der Waals surface area (Å²) >= 11 is 0. The molecule has 0 bridgehead atoms. The number of halogens is 3. The number of alkyl halides is 3. The third kappa shape index (κ3) is 7.12. The Morgan fingerprint density at radius 3 is 2.47 bits per heavy atom. The third-order valence-corrected chi connectivity index (χ3v) is 4.02. The molecule has 0 heterocycles. The number of hydrogen-bond acceptors (Lipinski definition) is 3. The number of hydrogen-bond donors (Lipinski definition) is 2. The molecule has 2 N–H and O–H groups in total. The molecular formula is C11H21F3N2O2S. The molecule has 4 nitrogen and oxygen atoms in total. The molecule has 0 aliphatic heterocycles. The zero-order valence-electron chi connectivity index (χ0n) is 11.0. The SMILES string of the molecule is CS(=O)(=O)NCCCNC1CCCC(C(F)(F)F)C1. The van der Waals surface area contributed by atoms with Crippen molar-refractivity contribution in [3.05, 3.63) is 0 Å². The van der Waals surface area contributed by atoms with Gasteiger partial charge < -0.3 is 5.32 Å². The molecule has 2 unspecified atom stereocenters. The van der Waals surface area contributed by atoms with E-state index in [2.05, 4.69) is 10.0 Å². The second kappa shape index (κ2) is 6.90. The standard InChI is InChI=1S/C11H21F3N2O2S/c1-19(17,18)16-7-3-6-15-10-5-2-4-9(8-10)11(12,13)14/h9-10,15-16H,2-8H2,1H3. The van der Waals surface area contributed by atoms with Crippen molar-refractivity contribution >= 4 is 10.0 Å². The first kappa shape index (κ1) is 16.7. The first-order chi connectivity index (χ1) is 8.68. The van der Waals surface area contributed by atoms with E-state index < -0.39 is 22.1 Å². The van der Waals surface area contributed by atoms with Crippen molar-refractivity contribution in [3.63, 3.8) is 0 Å². The van der Waals surface area contributed by atoms with E-state index in [-0.39, 0.29) is 18.9 Å².